The Hall–Kier alpha value is -3.01. The lowest BCUT2D eigenvalue weighted by molar-refractivity contribution is -0.158. The van der Waals surface area contributed by atoms with Gasteiger partial charge in [-0.15, -0.1) is 0 Å². The fourth-order valence-electron chi connectivity index (χ4n) is 3.35. The molecule has 1 fully saturated rings. The van der Waals surface area contributed by atoms with Crippen LogP contribution in [0.5, 0.6) is 0 Å². The zero-order valence-electron chi connectivity index (χ0n) is 15.5. The third-order valence-corrected chi connectivity index (χ3v) is 5.18. The van der Waals surface area contributed by atoms with Gasteiger partial charge in [0.1, 0.15) is 39.7 Å². The molecule has 0 spiro atoms. The van der Waals surface area contributed by atoms with Crippen molar-refractivity contribution in [3.05, 3.63) is 69.1 Å². The van der Waals surface area contributed by atoms with E-state index in [0.717, 1.165) is 29.0 Å². The smallest absolute Gasteiger partial charge is 0.340 e. The second kappa shape index (κ2) is 7.60. The molecule has 0 unspecified atom stereocenters. The topological polar surface area (TPSA) is 64.0 Å². The second-order valence-corrected chi connectivity index (χ2v) is 7.53. The van der Waals surface area contributed by atoms with Crippen molar-refractivity contribution in [3.8, 4) is 5.69 Å². The summed E-state index contributed by atoms with van der Waals surface area (Å²) in [4.78, 5) is 29.4. The Morgan fingerprint density at radius 3 is 2.39 bits per heavy atom. The van der Waals surface area contributed by atoms with Crippen LogP contribution in [0.3, 0.4) is 0 Å². The van der Waals surface area contributed by atoms with Crippen LogP contribution in [0.25, 0.3) is 16.7 Å². The lowest BCUT2D eigenvalue weighted by Crippen LogP contribution is -2.48. The molecule has 1 aromatic carbocycles. The van der Waals surface area contributed by atoms with Gasteiger partial charge >= 0.3 is 6.18 Å². The Morgan fingerprint density at radius 1 is 1.16 bits per heavy atom. The van der Waals surface area contributed by atoms with Crippen molar-refractivity contribution in [3.63, 3.8) is 0 Å². The van der Waals surface area contributed by atoms with Crippen LogP contribution in [0.2, 0.25) is 5.15 Å². The number of amides is 1. The van der Waals surface area contributed by atoms with E-state index in [1.807, 2.05) is 5.32 Å². The average molecular weight is 458 g/mol. The van der Waals surface area contributed by atoms with Gasteiger partial charge in [-0.25, -0.2) is 13.8 Å². The summed E-state index contributed by atoms with van der Waals surface area (Å²) in [6.45, 7) is 0. The number of carbonyl (C=O) groups excluding carboxylic acids is 1. The number of aromatic nitrogens is 2. The number of fused-ring (bicyclic) bond motifs is 1. The number of benzene rings is 1. The van der Waals surface area contributed by atoms with E-state index in [1.54, 1.807) is 0 Å². The monoisotopic (exact) mass is 457 g/mol. The van der Waals surface area contributed by atoms with Crippen molar-refractivity contribution in [1.82, 2.24) is 14.9 Å². The second-order valence-electron chi connectivity index (χ2n) is 7.15. The van der Waals surface area contributed by atoms with Crippen LogP contribution in [-0.2, 0) is 0 Å². The molecule has 2 heterocycles. The lowest BCUT2D eigenvalue weighted by Gasteiger charge is -2.21. The maximum Gasteiger partial charge on any atom is 0.408 e. The largest absolute Gasteiger partial charge is 0.408 e. The Labute approximate surface area is 176 Å². The molecule has 3 aromatic rings. The summed E-state index contributed by atoms with van der Waals surface area (Å²) in [7, 11) is 0. The van der Waals surface area contributed by atoms with Crippen LogP contribution in [-0.4, -0.2) is 27.7 Å². The van der Waals surface area contributed by atoms with E-state index in [4.69, 9.17) is 11.6 Å². The van der Waals surface area contributed by atoms with Crippen molar-refractivity contribution in [1.29, 1.82) is 0 Å². The van der Waals surface area contributed by atoms with E-state index >= 15 is 0 Å². The summed E-state index contributed by atoms with van der Waals surface area (Å²) in [5, 5.41) is 1.51. The van der Waals surface area contributed by atoms with E-state index in [9.17, 15) is 31.5 Å². The molecule has 1 aliphatic carbocycles. The van der Waals surface area contributed by atoms with Gasteiger partial charge in [0.05, 0.1) is 5.39 Å². The first-order valence-corrected chi connectivity index (χ1v) is 9.49. The Balaban J connectivity index is 1.91. The highest BCUT2D eigenvalue weighted by molar-refractivity contribution is 6.29. The van der Waals surface area contributed by atoms with Gasteiger partial charge in [-0.05, 0) is 43.0 Å². The number of hydrogen-bond acceptors (Lipinski definition) is 3. The zero-order chi connectivity index (χ0) is 22.5. The predicted molar refractivity (Wildman–Crippen MR) is 102 cm³/mol. The van der Waals surface area contributed by atoms with Gasteiger partial charge in [0.2, 0.25) is 5.43 Å². The number of nitrogens with zero attached hydrogens (tertiary/aromatic N) is 2. The van der Waals surface area contributed by atoms with Gasteiger partial charge in [0.15, 0.2) is 0 Å². The van der Waals surface area contributed by atoms with E-state index in [2.05, 4.69) is 4.98 Å². The molecule has 1 saturated carbocycles. The first kappa shape index (κ1) is 21.2. The molecule has 0 radical (unpaired) electrons. The zero-order valence-corrected chi connectivity index (χ0v) is 16.3. The SMILES string of the molecule is O=C(N[C@@H](C1CC1)C(F)(F)F)c1cn(-c2c(F)cccc2F)c2nc(Cl)ccc2c1=O. The highest BCUT2D eigenvalue weighted by Gasteiger charge is 2.49. The predicted octanol–water partition coefficient (Wildman–Crippen LogP) is 4.39. The summed E-state index contributed by atoms with van der Waals surface area (Å²) in [6.07, 6.45) is -3.37. The molecule has 0 saturated heterocycles. The number of halogens is 6. The minimum absolute atomic E-state index is 0.0968. The van der Waals surface area contributed by atoms with Crippen molar-refractivity contribution in [2.24, 2.45) is 5.92 Å². The fraction of sp³-hybridized carbons (Fsp3) is 0.250. The van der Waals surface area contributed by atoms with Crippen LogP contribution in [0, 0.1) is 17.6 Å². The molecule has 31 heavy (non-hydrogen) atoms. The molecular weight excluding hydrogens is 445 g/mol. The molecule has 0 bridgehead atoms. The standard InChI is InChI=1S/C20H13ClF5N3O2/c21-14-7-6-10-16(30)11(19(31)28-17(9-4-5-9)20(24,25)26)8-29(18(10)27-14)15-12(22)2-1-3-13(15)23/h1-3,6-9,17H,4-5H2,(H,28,31)/t17-/m0/s1. The lowest BCUT2D eigenvalue weighted by atomic mass is 10.1. The van der Waals surface area contributed by atoms with Gasteiger partial charge in [-0.1, -0.05) is 17.7 Å². The minimum Gasteiger partial charge on any atom is -0.340 e. The molecule has 1 atom stereocenters. The minimum atomic E-state index is -4.71. The number of para-hydroxylation sites is 1. The number of hydrogen-bond donors (Lipinski definition) is 1. The molecule has 0 aliphatic heterocycles. The quantitative estimate of drug-likeness (QED) is 0.467. The van der Waals surface area contributed by atoms with Crippen LogP contribution < -0.4 is 10.7 Å². The van der Waals surface area contributed by atoms with Gasteiger partial charge in [0.25, 0.3) is 5.91 Å². The van der Waals surface area contributed by atoms with E-state index in [0.29, 0.717) is 0 Å². The summed E-state index contributed by atoms with van der Waals surface area (Å²) < 4.78 is 69.6. The molecule has 1 amide bonds. The first-order valence-electron chi connectivity index (χ1n) is 9.12. The molecular formula is C20H13ClF5N3O2. The van der Waals surface area contributed by atoms with E-state index in [-0.39, 0.29) is 29.0 Å². The van der Waals surface area contributed by atoms with Gasteiger partial charge < -0.3 is 5.32 Å². The summed E-state index contributed by atoms with van der Waals surface area (Å²) >= 11 is 5.85. The first-order chi connectivity index (χ1) is 14.6. The molecule has 1 aliphatic rings. The third-order valence-electron chi connectivity index (χ3n) is 4.97. The Morgan fingerprint density at radius 2 is 1.81 bits per heavy atom. The Bertz CT molecular complexity index is 1230. The van der Waals surface area contributed by atoms with Crippen LogP contribution in [0.1, 0.15) is 23.2 Å². The maximum atomic E-state index is 14.4. The summed E-state index contributed by atoms with van der Waals surface area (Å²) in [5.74, 6) is -4.16. The molecule has 5 nitrogen and oxygen atoms in total. The van der Waals surface area contributed by atoms with Gasteiger partial charge in [-0.2, -0.15) is 13.2 Å². The number of rotatable bonds is 4. The summed E-state index contributed by atoms with van der Waals surface area (Å²) in [5.41, 5.74) is -2.57. The number of pyridine rings is 2. The van der Waals surface area contributed by atoms with Gasteiger partial charge in [0, 0.05) is 6.20 Å². The maximum absolute atomic E-state index is 14.4. The van der Waals surface area contributed by atoms with Crippen LogP contribution in [0.15, 0.2) is 41.3 Å². The van der Waals surface area contributed by atoms with Crippen molar-refractivity contribution < 1.29 is 26.7 Å². The molecule has 11 heteroatoms. The van der Waals surface area contributed by atoms with E-state index in [1.165, 1.54) is 12.1 Å². The Kier molecular flexibility index (Phi) is 5.20. The van der Waals surface area contributed by atoms with Crippen LogP contribution >= 0.6 is 11.6 Å². The van der Waals surface area contributed by atoms with E-state index < -0.39 is 52.4 Å². The highest BCUT2D eigenvalue weighted by atomic mass is 35.5. The van der Waals surface area contributed by atoms with Crippen molar-refractivity contribution in [2.75, 3.05) is 0 Å². The van der Waals surface area contributed by atoms with Gasteiger partial charge in [-0.3, -0.25) is 14.2 Å². The summed E-state index contributed by atoms with van der Waals surface area (Å²) in [6, 6.07) is 3.27. The molecule has 2 aromatic heterocycles. The number of nitrogens with one attached hydrogen (secondary N) is 1. The van der Waals surface area contributed by atoms with Crippen molar-refractivity contribution >= 4 is 28.5 Å². The third kappa shape index (κ3) is 3.99. The van der Waals surface area contributed by atoms with Crippen molar-refractivity contribution in [2.45, 2.75) is 25.1 Å². The highest BCUT2D eigenvalue weighted by Crippen LogP contribution is 2.40. The molecule has 1 N–H and O–H groups in total. The average Bonchev–Trinajstić information content (AvgIpc) is 3.51. The molecule has 162 valence electrons. The number of carbonyl (C=O) groups is 1. The van der Waals surface area contributed by atoms with Crippen LogP contribution in [0.4, 0.5) is 22.0 Å². The normalized spacial score (nSPS) is 15.2. The fourth-order valence-corrected chi connectivity index (χ4v) is 3.49. The number of alkyl halides is 3. The molecule has 4 rings (SSSR count).